The van der Waals surface area contributed by atoms with E-state index in [0.29, 0.717) is 11.0 Å². The first-order valence-corrected chi connectivity index (χ1v) is 5.02. The molecule has 1 heterocycles. The molecule has 0 atom stereocenters. The maximum atomic E-state index is 11.5. The lowest BCUT2D eigenvalue weighted by Crippen LogP contribution is -2.32. The number of nitrogens with zero attached hydrogens (tertiary/aromatic N) is 2. The second-order valence-electron chi connectivity index (χ2n) is 2.77. The highest BCUT2D eigenvalue weighted by molar-refractivity contribution is 9.10. The molecule has 1 N–H and O–H groups in total. The third-order valence-electron chi connectivity index (χ3n) is 1.62. The van der Waals surface area contributed by atoms with Gasteiger partial charge in [0, 0.05) is 12.7 Å². The van der Waals surface area contributed by atoms with E-state index in [-0.39, 0.29) is 18.0 Å². The first-order valence-electron chi connectivity index (χ1n) is 4.22. The van der Waals surface area contributed by atoms with E-state index in [0.717, 1.165) is 0 Å². The van der Waals surface area contributed by atoms with Crippen molar-refractivity contribution < 1.29 is 4.79 Å². The highest BCUT2D eigenvalue weighted by Crippen LogP contribution is 1.97. The van der Waals surface area contributed by atoms with Crippen molar-refractivity contribution in [1.82, 2.24) is 14.9 Å². The Morgan fingerprint density at radius 1 is 1.73 bits per heavy atom. The Kier molecular flexibility index (Phi) is 4.23. The lowest BCUT2D eigenvalue weighted by atomic mass is 10.5. The van der Waals surface area contributed by atoms with Gasteiger partial charge in [-0.25, -0.2) is 4.98 Å². The second kappa shape index (κ2) is 5.45. The summed E-state index contributed by atoms with van der Waals surface area (Å²) in [6, 6.07) is 0. The molecule has 1 amide bonds. The van der Waals surface area contributed by atoms with Crippen LogP contribution >= 0.6 is 15.9 Å². The third-order valence-corrected chi connectivity index (χ3v) is 2.16. The predicted molar refractivity (Wildman–Crippen MR) is 59.4 cm³/mol. The lowest BCUT2D eigenvalue weighted by Gasteiger charge is -2.04. The van der Waals surface area contributed by atoms with Crippen LogP contribution in [-0.2, 0) is 11.3 Å². The monoisotopic (exact) mass is 271 g/mol. The van der Waals surface area contributed by atoms with Gasteiger partial charge in [-0.15, -0.1) is 6.58 Å². The smallest absolute Gasteiger partial charge is 0.268 e. The molecule has 1 aromatic rings. The molecule has 0 aliphatic carbocycles. The van der Waals surface area contributed by atoms with Crippen molar-refractivity contribution in [3.05, 3.63) is 40.0 Å². The quantitative estimate of drug-likeness (QED) is 0.802. The predicted octanol–water partition coefficient (Wildman–Crippen LogP) is 0.308. The minimum atomic E-state index is -0.279. The van der Waals surface area contributed by atoms with Gasteiger partial charge in [0.2, 0.25) is 5.91 Å². The molecule has 5 nitrogen and oxygen atoms in total. The number of hydrogen-bond acceptors (Lipinski definition) is 3. The fourth-order valence-electron chi connectivity index (χ4n) is 0.933. The first-order chi connectivity index (χ1) is 7.15. The van der Waals surface area contributed by atoms with Crippen LogP contribution < -0.4 is 10.9 Å². The van der Waals surface area contributed by atoms with E-state index in [4.69, 9.17) is 0 Å². The molecule has 15 heavy (non-hydrogen) atoms. The lowest BCUT2D eigenvalue weighted by molar-refractivity contribution is -0.121. The Morgan fingerprint density at radius 2 is 2.47 bits per heavy atom. The van der Waals surface area contributed by atoms with Crippen LogP contribution in [0.4, 0.5) is 0 Å². The van der Waals surface area contributed by atoms with Gasteiger partial charge in [0.15, 0.2) is 0 Å². The van der Waals surface area contributed by atoms with Gasteiger partial charge in [-0.2, -0.15) is 0 Å². The molecule has 80 valence electrons. The van der Waals surface area contributed by atoms with Gasteiger partial charge in [-0.3, -0.25) is 14.2 Å². The van der Waals surface area contributed by atoms with E-state index < -0.39 is 0 Å². The fourth-order valence-corrected chi connectivity index (χ4v) is 1.28. The summed E-state index contributed by atoms with van der Waals surface area (Å²) < 4.78 is 1.56. The topological polar surface area (TPSA) is 64.0 Å². The molecular weight excluding hydrogens is 262 g/mol. The normalized spacial score (nSPS) is 9.67. The van der Waals surface area contributed by atoms with Crippen LogP contribution in [0.15, 0.2) is 34.4 Å². The van der Waals surface area contributed by atoms with E-state index in [1.54, 1.807) is 6.08 Å². The minimum Gasteiger partial charge on any atom is -0.351 e. The summed E-state index contributed by atoms with van der Waals surface area (Å²) in [5.74, 6) is -0.253. The molecule has 1 aromatic heterocycles. The number of halogens is 1. The van der Waals surface area contributed by atoms with Gasteiger partial charge in [-0.05, 0) is 15.9 Å². The van der Waals surface area contributed by atoms with Crippen molar-refractivity contribution in [3.8, 4) is 0 Å². The molecule has 0 bridgehead atoms. The van der Waals surface area contributed by atoms with Crippen molar-refractivity contribution in [2.45, 2.75) is 6.54 Å². The van der Waals surface area contributed by atoms with Gasteiger partial charge >= 0.3 is 0 Å². The summed E-state index contributed by atoms with van der Waals surface area (Å²) in [7, 11) is 0. The summed E-state index contributed by atoms with van der Waals surface area (Å²) in [4.78, 5) is 26.5. The number of rotatable bonds is 4. The second-order valence-corrected chi connectivity index (χ2v) is 3.62. The molecule has 1 rings (SSSR count). The number of carbonyl (C=O) groups excluding carboxylic acids is 1. The summed E-state index contributed by atoms with van der Waals surface area (Å²) in [6.07, 6.45) is 4.28. The van der Waals surface area contributed by atoms with Crippen LogP contribution in [0.1, 0.15) is 0 Å². The molecule has 0 radical (unpaired) electrons. The molecule has 0 unspecified atom stereocenters. The molecule has 0 spiro atoms. The Bertz CT molecular complexity index is 428. The van der Waals surface area contributed by atoms with Crippen molar-refractivity contribution in [3.63, 3.8) is 0 Å². The van der Waals surface area contributed by atoms with Crippen LogP contribution in [0.3, 0.4) is 0 Å². The summed E-state index contributed by atoms with van der Waals surface area (Å²) in [5.41, 5.74) is -0.279. The third kappa shape index (κ3) is 3.32. The zero-order chi connectivity index (χ0) is 11.3. The van der Waals surface area contributed by atoms with Crippen molar-refractivity contribution in [1.29, 1.82) is 0 Å². The average molecular weight is 272 g/mol. The highest BCUT2D eigenvalue weighted by atomic mass is 79.9. The largest absolute Gasteiger partial charge is 0.351 e. The standard InChI is InChI=1S/C9H10BrN3O2/c1-2-3-12-8(14)5-13-6-11-4-7(10)9(13)15/h2,4,6H,1,3,5H2,(H,12,14). The minimum absolute atomic E-state index is 0.0425. The maximum absolute atomic E-state index is 11.5. The van der Waals surface area contributed by atoms with Crippen LogP contribution in [-0.4, -0.2) is 22.0 Å². The summed E-state index contributed by atoms with van der Waals surface area (Å²) >= 11 is 3.04. The van der Waals surface area contributed by atoms with Crippen molar-refractivity contribution in [2.24, 2.45) is 0 Å². The van der Waals surface area contributed by atoms with Crippen molar-refractivity contribution >= 4 is 21.8 Å². The van der Waals surface area contributed by atoms with Crippen LogP contribution in [0, 0.1) is 0 Å². The van der Waals surface area contributed by atoms with Gasteiger partial charge in [0.1, 0.15) is 11.0 Å². The van der Waals surface area contributed by atoms with Gasteiger partial charge in [0.05, 0.1) is 6.33 Å². The number of carbonyl (C=O) groups is 1. The van der Waals surface area contributed by atoms with E-state index in [2.05, 4.69) is 32.8 Å². The van der Waals surface area contributed by atoms with Gasteiger partial charge < -0.3 is 5.32 Å². The number of aromatic nitrogens is 2. The molecule has 6 heteroatoms. The summed E-state index contributed by atoms with van der Waals surface area (Å²) in [5, 5.41) is 2.57. The molecule has 0 saturated carbocycles. The van der Waals surface area contributed by atoms with Crippen LogP contribution in [0.25, 0.3) is 0 Å². The Balaban J connectivity index is 2.73. The van der Waals surface area contributed by atoms with E-state index >= 15 is 0 Å². The average Bonchev–Trinajstić information content (AvgIpc) is 2.22. The Labute approximate surface area is 95.0 Å². The SMILES string of the molecule is C=CCNC(=O)Cn1cncc(Br)c1=O. The number of nitrogens with one attached hydrogen (secondary N) is 1. The fraction of sp³-hybridized carbons (Fsp3) is 0.222. The Morgan fingerprint density at radius 3 is 3.13 bits per heavy atom. The molecular formula is C9H10BrN3O2. The molecule has 0 saturated heterocycles. The number of hydrogen-bond donors (Lipinski definition) is 1. The van der Waals surface area contributed by atoms with Gasteiger partial charge in [0.25, 0.3) is 5.56 Å². The number of amides is 1. The highest BCUT2D eigenvalue weighted by Gasteiger charge is 2.05. The Hall–Kier alpha value is -1.43. The van der Waals surface area contributed by atoms with E-state index in [9.17, 15) is 9.59 Å². The molecule has 0 aliphatic heterocycles. The van der Waals surface area contributed by atoms with Crippen LogP contribution in [0.2, 0.25) is 0 Å². The zero-order valence-electron chi connectivity index (χ0n) is 7.94. The molecule has 0 aromatic carbocycles. The van der Waals surface area contributed by atoms with Crippen molar-refractivity contribution in [2.75, 3.05) is 6.54 Å². The van der Waals surface area contributed by atoms with Crippen LogP contribution in [0.5, 0.6) is 0 Å². The summed E-state index contributed by atoms with van der Waals surface area (Å²) in [6.45, 7) is 3.81. The van der Waals surface area contributed by atoms with E-state index in [1.807, 2.05) is 0 Å². The maximum Gasteiger partial charge on any atom is 0.268 e. The molecule has 0 fully saturated rings. The first kappa shape index (κ1) is 11.6. The zero-order valence-corrected chi connectivity index (χ0v) is 9.53. The van der Waals surface area contributed by atoms with Gasteiger partial charge in [-0.1, -0.05) is 6.08 Å². The van der Waals surface area contributed by atoms with E-state index in [1.165, 1.54) is 17.1 Å². The molecule has 0 aliphatic rings.